The van der Waals surface area contributed by atoms with Crippen molar-refractivity contribution in [2.75, 3.05) is 6.54 Å². The van der Waals surface area contributed by atoms with Gasteiger partial charge in [-0.25, -0.2) is 0 Å². The second kappa shape index (κ2) is 5.42. The summed E-state index contributed by atoms with van der Waals surface area (Å²) in [6.07, 6.45) is 2.80. The lowest BCUT2D eigenvalue weighted by atomic mass is 10.0. The van der Waals surface area contributed by atoms with Gasteiger partial charge < -0.3 is 5.73 Å². The normalized spacial score (nSPS) is 13.1. The van der Waals surface area contributed by atoms with Crippen LogP contribution in [-0.4, -0.2) is 12.3 Å². The number of carbonyl (C=O) groups is 1. The molecule has 0 aliphatic rings. The molecule has 1 unspecified atom stereocenters. The van der Waals surface area contributed by atoms with Gasteiger partial charge >= 0.3 is 0 Å². The summed E-state index contributed by atoms with van der Waals surface area (Å²) in [5, 5.41) is 0. The zero-order valence-corrected chi connectivity index (χ0v) is 6.89. The van der Waals surface area contributed by atoms with Crippen molar-refractivity contribution in [2.24, 2.45) is 11.7 Å². The fourth-order valence-corrected chi connectivity index (χ4v) is 0.714. The van der Waals surface area contributed by atoms with Crippen LogP contribution in [0.5, 0.6) is 0 Å². The zero-order valence-electron chi connectivity index (χ0n) is 6.89. The second-order valence-electron chi connectivity index (χ2n) is 2.79. The Bertz CT molecular complexity index is 101. The Hall–Kier alpha value is -0.370. The van der Waals surface area contributed by atoms with E-state index in [0.717, 1.165) is 12.8 Å². The van der Waals surface area contributed by atoms with Crippen LogP contribution in [-0.2, 0) is 4.79 Å². The van der Waals surface area contributed by atoms with Crippen LogP contribution < -0.4 is 5.73 Å². The van der Waals surface area contributed by atoms with Gasteiger partial charge in [-0.1, -0.05) is 20.3 Å². The summed E-state index contributed by atoms with van der Waals surface area (Å²) < 4.78 is 0. The highest BCUT2D eigenvalue weighted by Gasteiger charge is 2.02. The predicted molar refractivity (Wildman–Crippen MR) is 42.8 cm³/mol. The minimum atomic E-state index is 0.181. The van der Waals surface area contributed by atoms with Crippen molar-refractivity contribution in [1.82, 2.24) is 0 Å². The van der Waals surface area contributed by atoms with Gasteiger partial charge in [0.25, 0.3) is 0 Å². The quantitative estimate of drug-likeness (QED) is 0.631. The highest BCUT2D eigenvalue weighted by molar-refractivity contribution is 5.80. The van der Waals surface area contributed by atoms with Crippen LogP contribution >= 0.6 is 0 Å². The SMILES string of the molecule is CCC(C)CCC(=O)CN. The lowest BCUT2D eigenvalue weighted by Crippen LogP contribution is -2.13. The fourth-order valence-electron chi connectivity index (χ4n) is 0.714. The standard InChI is InChI=1S/C8H17NO/c1-3-7(2)4-5-8(10)6-9/h7H,3-6,9H2,1-2H3. The van der Waals surface area contributed by atoms with Gasteiger partial charge in [-0.15, -0.1) is 0 Å². The van der Waals surface area contributed by atoms with Gasteiger partial charge in [-0.05, 0) is 12.3 Å². The van der Waals surface area contributed by atoms with Crippen molar-refractivity contribution < 1.29 is 4.79 Å². The van der Waals surface area contributed by atoms with Crippen molar-refractivity contribution in [2.45, 2.75) is 33.1 Å². The summed E-state index contributed by atoms with van der Waals surface area (Å²) in [5.74, 6) is 0.843. The molecule has 2 nitrogen and oxygen atoms in total. The molecule has 0 aliphatic heterocycles. The number of rotatable bonds is 5. The Morgan fingerprint density at radius 2 is 2.20 bits per heavy atom. The summed E-state index contributed by atoms with van der Waals surface area (Å²) in [6.45, 7) is 4.50. The largest absolute Gasteiger partial charge is 0.324 e. The molecule has 0 amide bonds. The van der Waals surface area contributed by atoms with E-state index >= 15 is 0 Å². The molecule has 0 spiro atoms. The first kappa shape index (κ1) is 9.63. The maximum Gasteiger partial charge on any atom is 0.146 e. The first-order valence-corrected chi connectivity index (χ1v) is 3.92. The summed E-state index contributed by atoms with van der Waals surface area (Å²) in [4.78, 5) is 10.7. The molecule has 10 heavy (non-hydrogen) atoms. The average molecular weight is 143 g/mol. The molecule has 0 heterocycles. The second-order valence-corrected chi connectivity index (χ2v) is 2.79. The molecule has 2 N–H and O–H groups in total. The molecule has 0 saturated carbocycles. The van der Waals surface area contributed by atoms with Crippen LogP contribution in [0, 0.1) is 5.92 Å². The predicted octanol–water partition coefficient (Wildman–Crippen LogP) is 1.34. The first-order chi connectivity index (χ1) is 4.70. The molecule has 2 heteroatoms. The molecule has 0 saturated heterocycles. The van der Waals surface area contributed by atoms with E-state index in [1.165, 1.54) is 0 Å². The van der Waals surface area contributed by atoms with Gasteiger partial charge in [-0.2, -0.15) is 0 Å². The maximum atomic E-state index is 10.7. The van der Waals surface area contributed by atoms with Crippen molar-refractivity contribution in [3.63, 3.8) is 0 Å². The fraction of sp³-hybridized carbons (Fsp3) is 0.875. The third kappa shape index (κ3) is 4.50. The monoisotopic (exact) mass is 143 g/mol. The molecule has 0 aromatic rings. The summed E-state index contributed by atoms with van der Waals surface area (Å²) in [6, 6.07) is 0. The van der Waals surface area contributed by atoms with E-state index in [-0.39, 0.29) is 12.3 Å². The van der Waals surface area contributed by atoms with E-state index in [0.29, 0.717) is 12.3 Å². The highest BCUT2D eigenvalue weighted by atomic mass is 16.1. The maximum absolute atomic E-state index is 10.7. The third-order valence-electron chi connectivity index (χ3n) is 1.84. The van der Waals surface area contributed by atoms with Crippen molar-refractivity contribution in [1.29, 1.82) is 0 Å². The number of Topliss-reactive ketones (excluding diaryl/α,β-unsaturated/α-hetero) is 1. The van der Waals surface area contributed by atoms with Crippen molar-refractivity contribution in [3.05, 3.63) is 0 Å². The number of hydrogen-bond acceptors (Lipinski definition) is 2. The van der Waals surface area contributed by atoms with Gasteiger partial charge in [0.15, 0.2) is 0 Å². The minimum Gasteiger partial charge on any atom is -0.324 e. The Morgan fingerprint density at radius 3 is 2.60 bits per heavy atom. The molecular weight excluding hydrogens is 126 g/mol. The van der Waals surface area contributed by atoms with E-state index in [9.17, 15) is 4.79 Å². The Kier molecular flexibility index (Phi) is 5.22. The molecule has 0 aromatic carbocycles. The third-order valence-corrected chi connectivity index (χ3v) is 1.84. The minimum absolute atomic E-state index is 0.181. The number of ketones is 1. The average Bonchev–Trinajstić information content (AvgIpc) is 1.99. The molecule has 0 radical (unpaired) electrons. The van der Waals surface area contributed by atoms with E-state index in [1.54, 1.807) is 0 Å². The summed E-state index contributed by atoms with van der Waals surface area (Å²) in [7, 11) is 0. The van der Waals surface area contributed by atoms with E-state index in [1.807, 2.05) is 0 Å². The van der Waals surface area contributed by atoms with Crippen LogP contribution in [0.15, 0.2) is 0 Å². The molecule has 0 rings (SSSR count). The van der Waals surface area contributed by atoms with Gasteiger partial charge in [0.05, 0.1) is 6.54 Å². The van der Waals surface area contributed by atoms with E-state index < -0.39 is 0 Å². The van der Waals surface area contributed by atoms with Crippen LogP contribution in [0.25, 0.3) is 0 Å². The lowest BCUT2D eigenvalue weighted by Gasteiger charge is -2.05. The van der Waals surface area contributed by atoms with Gasteiger partial charge in [0.2, 0.25) is 0 Å². The Labute approximate surface area is 62.8 Å². The van der Waals surface area contributed by atoms with E-state index in [2.05, 4.69) is 13.8 Å². The van der Waals surface area contributed by atoms with Crippen LogP contribution in [0.1, 0.15) is 33.1 Å². The highest BCUT2D eigenvalue weighted by Crippen LogP contribution is 2.08. The zero-order chi connectivity index (χ0) is 7.98. The summed E-state index contributed by atoms with van der Waals surface area (Å²) >= 11 is 0. The van der Waals surface area contributed by atoms with Gasteiger partial charge in [0.1, 0.15) is 5.78 Å². The van der Waals surface area contributed by atoms with Crippen LogP contribution in [0.3, 0.4) is 0 Å². The van der Waals surface area contributed by atoms with Gasteiger partial charge in [-0.3, -0.25) is 4.79 Å². The molecule has 0 bridgehead atoms. The molecule has 1 atom stereocenters. The molecular formula is C8H17NO. The molecule has 60 valence electrons. The smallest absolute Gasteiger partial charge is 0.146 e. The number of carbonyl (C=O) groups excluding carboxylic acids is 1. The molecule has 0 aliphatic carbocycles. The molecule has 0 fully saturated rings. The molecule has 0 aromatic heterocycles. The van der Waals surface area contributed by atoms with Gasteiger partial charge in [0, 0.05) is 6.42 Å². The topological polar surface area (TPSA) is 43.1 Å². The van der Waals surface area contributed by atoms with Crippen molar-refractivity contribution >= 4 is 5.78 Å². The number of hydrogen-bond donors (Lipinski definition) is 1. The Morgan fingerprint density at radius 1 is 1.60 bits per heavy atom. The van der Waals surface area contributed by atoms with Crippen LogP contribution in [0.4, 0.5) is 0 Å². The number of nitrogens with two attached hydrogens (primary N) is 1. The lowest BCUT2D eigenvalue weighted by molar-refractivity contribution is -0.118. The Balaban J connectivity index is 3.26. The summed E-state index contributed by atoms with van der Waals surface area (Å²) in [5.41, 5.74) is 5.15. The van der Waals surface area contributed by atoms with Crippen molar-refractivity contribution in [3.8, 4) is 0 Å². The first-order valence-electron chi connectivity index (χ1n) is 3.92. The van der Waals surface area contributed by atoms with E-state index in [4.69, 9.17) is 5.73 Å². The van der Waals surface area contributed by atoms with Crippen LogP contribution in [0.2, 0.25) is 0 Å².